The van der Waals surface area contributed by atoms with Gasteiger partial charge in [-0.1, -0.05) is 0 Å². The third-order valence-corrected chi connectivity index (χ3v) is 1.84. The predicted octanol–water partition coefficient (Wildman–Crippen LogP) is 1.47. The van der Waals surface area contributed by atoms with Gasteiger partial charge >= 0.3 is 0 Å². The van der Waals surface area contributed by atoms with Crippen LogP contribution in [0.1, 0.15) is 32.2 Å². The molecule has 6 heteroatoms. The van der Waals surface area contributed by atoms with Crippen molar-refractivity contribution in [1.82, 2.24) is 9.97 Å². The van der Waals surface area contributed by atoms with Crippen LogP contribution >= 0.6 is 0 Å². The minimum atomic E-state index is -0.207. The first-order valence-electron chi connectivity index (χ1n) is 5.09. The first-order chi connectivity index (χ1) is 7.91. The summed E-state index contributed by atoms with van der Waals surface area (Å²) in [6, 6.07) is 3.71. The van der Waals surface area contributed by atoms with Crippen molar-refractivity contribution in [3.05, 3.63) is 11.4 Å². The Kier molecular flexibility index (Phi) is 3.49. The molecule has 6 nitrogen and oxygen atoms in total. The number of hydrogen-bond donors (Lipinski definition) is 2. The van der Waals surface area contributed by atoms with Gasteiger partial charge in [-0.3, -0.25) is 0 Å². The first-order valence-corrected chi connectivity index (χ1v) is 5.09. The highest BCUT2D eigenvalue weighted by Crippen LogP contribution is 2.21. The first kappa shape index (κ1) is 12.7. The average Bonchev–Trinajstić information content (AvgIpc) is 2.26. The van der Waals surface area contributed by atoms with Crippen molar-refractivity contribution in [1.29, 1.82) is 10.5 Å². The van der Waals surface area contributed by atoms with E-state index >= 15 is 0 Å². The summed E-state index contributed by atoms with van der Waals surface area (Å²) in [6.45, 7) is 5.91. The predicted molar refractivity (Wildman–Crippen MR) is 64.4 cm³/mol. The fourth-order valence-corrected chi connectivity index (χ4v) is 1.21. The zero-order valence-corrected chi connectivity index (χ0v) is 10.3. The lowest BCUT2D eigenvalue weighted by Gasteiger charge is -2.22. The van der Waals surface area contributed by atoms with Gasteiger partial charge < -0.3 is 10.6 Å². The monoisotopic (exact) mass is 230 g/mol. The van der Waals surface area contributed by atoms with Crippen molar-refractivity contribution in [3.8, 4) is 12.1 Å². The Morgan fingerprint density at radius 3 is 1.82 bits per heavy atom. The Morgan fingerprint density at radius 2 is 1.47 bits per heavy atom. The molecule has 0 aliphatic heterocycles. The van der Waals surface area contributed by atoms with Gasteiger partial charge in [0.2, 0.25) is 0 Å². The minimum absolute atomic E-state index is 0.0244. The van der Waals surface area contributed by atoms with Crippen LogP contribution in [-0.4, -0.2) is 22.6 Å². The Labute approximate surface area is 100 Å². The fraction of sp³-hybridized carbons (Fsp3) is 0.455. The van der Waals surface area contributed by atoms with Gasteiger partial charge in [0.25, 0.3) is 0 Å². The van der Waals surface area contributed by atoms with E-state index in [4.69, 9.17) is 10.5 Å². The molecular formula is C11H14N6. The molecule has 88 valence electrons. The maximum absolute atomic E-state index is 8.88. The lowest BCUT2D eigenvalue weighted by molar-refractivity contribution is 0.630. The molecule has 0 radical (unpaired) electrons. The summed E-state index contributed by atoms with van der Waals surface area (Å²) in [5.41, 5.74) is -0.157. The number of nitriles is 2. The summed E-state index contributed by atoms with van der Waals surface area (Å²) < 4.78 is 0. The molecule has 2 N–H and O–H groups in total. The molecule has 0 bridgehead atoms. The maximum Gasteiger partial charge on any atom is 0.179 e. The van der Waals surface area contributed by atoms with Crippen molar-refractivity contribution in [2.75, 3.05) is 17.7 Å². The van der Waals surface area contributed by atoms with Gasteiger partial charge in [0.05, 0.1) is 0 Å². The topological polar surface area (TPSA) is 97.4 Å². The molecule has 1 rings (SSSR count). The SMILES string of the molecule is CNc1nc(C#N)c(C#N)nc1NC(C)(C)C. The Morgan fingerprint density at radius 1 is 1.00 bits per heavy atom. The third-order valence-electron chi connectivity index (χ3n) is 1.84. The maximum atomic E-state index is 8.88. The van der Waals surface area contributed by atoms with Crippen LogP contribution in [0, 0.1) is 22.7 Å². The summed E-state index contributed by atoms with van der Waals surface area (Å²) in [5.74, 6) is 0.922. The summed E-state index contributed by atoms with van der Waals surface area (Å²) in [7, 11) is 1.69. The second kappa shape index (κ2) is 4.67. The molecule has 0 aliphatic carbocycles. The van der Waals surface area contributed by atoms with E-state index in [2.05, 4.69) is 20.6 Å². The third kappa shape index (κ3) is 3.05. The van der Waals surface area contributed by atoms with Crippen LogP contribution in [0.2, 0.25) is 0 Å². The summed E-state index contributed by atoms with van der Waals surface area (Å²) in [4.78, 5) is 8.14. The Bertz CT molecular complexity index is 500. The number of nitrogens with one attached hydrogen (secondary N) is 2. The highest BCUT2D eigenvalue weighted by Gasteiger charge is 2.17. The summed E-state index contributed by atoms with van der Waals surface area (Å²) in [6.07, 6.45) is 0. The van der Waals surface area contributed by atoms with Crippen LogP contribution in [0.3, 0.4) is 0 Å². The smallest absolute Gasteiger partial charge is 0.179 e. The van der Waals surface area contributed by atoms with Gasteiger partial charge in [-0.15, -0.1) is 0 Å². The molecule has 0 fully saturated rings. The highest BCUT2D eigenvalue weighted by molar-refractivity contribution is 5.62. The lowest BCUT2D eigenvalue weighted by Crippen LogP contribution is -2.27. The molecule has 0 saturated carbocycles. The fourth-order valence-electron chi connectivity index (χ4n) is 1.21. The summed E-state index contributed by atoms with van der Waals surface area (Å²) in [5, 5.41) is 23.7. The molecule has 0 unspecified atom stereocenters. The number of nitrogens with zero attached hydrogens (tertiary/aromatic N) is 4. The number of rotatable bonds is 2. The molecule has 0 amide bonds. The molecule has 0 spiro atoms. The van der Waals surface area contributed by atoms with E-state index in [1.165, 1.54) is 0 Å². The van der Waals surface area contributed by atoms with Crippen molar-refractivity contribution < 1.29 is 0 Å². The standard InChI is InChI=1S/C11H14N6/c1-11(2,3)17-10-9(14-4)15-7(5-12)8(6-13)16-10/h1-4H3,(H,14,15)(H,16,17). The molecule has 17 heavy (non-hydrogen) atoms. The normalized spacial score (nSPS) is 10.2. The van der Waals surface area contributed by atoms with Crippen molar-refractivity contribution in [2.45, 2.75) is 26.3 Å². The quantitative estimate of drug-likeness (QED) is 0.798. The Balaban J connectivity index is 3.31. The zero-order chi connectivity index (χ0) is 13.1. The van der Waals surface area contributed by atoms with Crippen LogP contribution in [0.5, 0.6) is 0 Å². The lowest BCUT2D eigenvalue weighted by atomic mass is 10.1. The largest absolute Gasteiger partial charge is 0.370 e. The van der Waals surface area contributed by atoms with E-state index in [0.717, 1.165) is 0 Å². The molecule has 1 aromatic heterocycles. The van der Waals surface area contributed by atoms with E-state index in [9.17, 15) is 0 Å². The van der Waals surface area contributed by atoms with Crippen molar-refractivity contribution in [2.24, 2.45) is 0 Å². The van der Waals surface area contributed by atoms with E-state index in [1.807, 2.05) is 32.9 Å². The van der Waals surface area contributed by atoms with Crippen molar-refractivity contribution >= 4 is 11.6 Å². The van der Waals surface area contributed by atoms with E-state index in [0.29, 0.717) is 11.6 Å². The number of anilines is 2. The van der Waals surface area contributed by atoms with Gasteiger partial charge in [0, 0.05) is 12.6 Å². The second-order valence-electron chi connectivity index (χ2n) is 4.47. The van der Waals surface area contributed by atoms with Gasteiger partial charge in [-0.2, -0.15) is 10.5 Å². The van der Waals surface area contributed by atoms with Gasteiger partial charge in [-0.05, 0) is 20.8 Å². The zero-order valence-electron chi connectivity index (χ0n) is 10.3. The van der Waals surface area contributed by atoms with E-state index < -0.39 is 0 Å². The molecule has 0 aromatic carbocycles. The number of hydrogen-bond acceptors (Lipinski definition) is 6. The van der Waals surface area contributed by atoms with E-state index in [-0.39, 0.29) is 16.9 Å². The average molecular weight is 230 g/mol. The van der Waals surface area contributed by atoms with Crippen LogP contribution in [0.15, 0.2) is 0 Å². The Hall–Kier alpha value is -2.34. The molecule has 0 aliphatic rings. The number of aromatic nitrogens is 2. The molecule has 1 heterocycles. The molecule has 0 saturated heterocycles. The van der Waals surface area contributed by atoms with Gasteiger partial charge in [0.15, 0.2) is 23.0 Å². The van der Waals surface area contributed by atoms with Crippen LogP contribution in [0.4, 0.5) is 11.6 Å². The summed E-state index contributed by atoms with van der Waals surface area (Å²) >= 11 is 0. The van der Waals surface area contributed by atoms with Crippen LogP contribution in [-0.2, 0) is 0 Å². The molecular weight excluding hydrogens is 216 g/mol. The molecule has 0 atom stereocenters. The molecule has 1 aromatic rings. The van der Waals surface area contributed by atoms with Gasteiger partial charge in [0.1, 0.15) is 12.1 Å². The van der Waals surface area contributed by atoms with Crippen LogP contribution in [0.25, 0.3) is 0 Å². The second-order valence-corrected chi connectivity index (χ2v) is 4.47. The van der Waals surface area contributed by atoms with Crippen LogP contribution < -0.4 is 10.6 Å². The van der Waals surface area contributed by atoms with E-state index in [1.54, 1.807) is 7.05 Å². The highest BCUT2D eigenvalue weighted by atomic mass is 15.1. The van der Waals surface area contributed by atoms with Crippen molar-refractivity contribution in [3.63, 3.8) is 0 Å². The van der Waals surface area contributed by atoms with Gasteiger partial charge in [-0.25, -0.2) is 9.97 Å². The minimum Gasteiger partial charge on any atom is -0.370 e.